The Kier molecular flexibility index (Phi) is 3.13. The number of phenolic OH excluding ortho intramolecular Hbond substituents is 1. The normalized spacial score (nSPS) is 21.5. The molecule has 1 heterocycles. The summed E-state index contributed by atoms with van der Waals surface area (Å²) < 4.78 is 5.66. The van der Waals surface area contributed by atoms with Crippen LogP contribution in [0.25, 0.3) is 0 Å². The Hall–Kier alpha value is -2.00. The van der Waals surface area contributed by atoms with E-state index < -0.39 is 6.10 Å². The van der Waals surface area contributed by atoms with E-state index in [1.165, 1.54) is 5.56 Å². The van der Waals surface area contributed by atoms with Crippen molar-refractivity contribution in [1.29, 1.82) is 0 Å². The molecule has 2 N–H and O–H groups in total. The predicted octanol–water partition coefficient (Wildman–Crippen LogP) is 2.68. The molecule has 19 heavy (non-hydrogen) atoms. The van der Waals surface area contributed by atoms with E-state index in [-0.39, 0.29) is 11.7 Å². The highest BCUT2D eigenvalue weighted by Gasteiger charge is 2.29. The van der Waals surface area contributed by atoms with Crippen molar-refractivity contribution in [2.75, 3.05) is 6.61 Å². The third-order valence-electron chi connectivity index (χ3n) is 3.55. The van der Waals surface area contributed by atoms with Gasteiger partial charge in [-0.05, 0) is 30.2 Å². The summed E-state index contributed by atoms with van der Waals surface area (Å²) in [6.07, 6.45) is 0.160. The summed E-state index contributed by atoms with van der Waals surface area (Å²) >= 11 is 0. The lowest BCUT2D eigenvalue weighted by Gasteiger charge is -2.30. The van der Waals surface area contributed by atoms with Crippen LogP contribution >= 0.6 is 0 Å². The van der Waals surface area contributed by atoms with Crippen molar-refractivity contribution in [3.8, 4) is 11.5 Å². The topological polar surface area (TPSA) is 49.7 Å². The van der Waals surface area contributed by atoms with Crippen LogP contribution in [0.5, 0.6) is 11.5 Å². The van der Waals surface area contributed by atoms with Crippen LogP contribution in [0.15, 0.2) is 48.5 Å². The van der Waals surface area contributed by atoms with E-state index in [1.54, 1.807) is 18.2 Å². The molecule has 2 atom stereocenters. The number of hydrogen-bond donors (Lipinski definition) is 2. The van der Waals surface area contributed by atoms with E-state index in [0.717, 1.165) is 6.42 Å². The van der Waals surface area contributed by atoms with E-state index in [9.17, 15) is 10.2 Å². The molecular weight excluding hydrogens is 240 g/mol. The van der Waals surface area contributed by atoms with Gasteiger partial charge < -0.3 is 14.9 Å². The number of aliphatic hydroxyl groups excluding tert-OH is 1. The molecule has 0 unspecified atom stereocenters. The fourth-order valence-electron chi connectivity index (χ4n) is 2.53. The van der Waals surface area contributed by atoms with Crippen LogP contribution in [0.3, 0.4) is 0 Å². The molecule has 2 aromatic carbocycles. The summed E-state index contributed by atoms with van der Waals surface area (Å²) in [7, 11) is 0. The summed E-state index contributed by atoms with van der Waals surface area (Å²) in [6, 6.07) is 14.9. The van der Waals surface area contributed by atoms with Crippen LogP contribution in [-0.4, -0.2) is 16.8 Å². The lowest BCUT2D eigenvalue weighted by Crippen LogP contribution is -2.27. The maximum Gasteiger partial charge on any atom is 0.125 e. The molecule has 0 fully saturated rings. The quantitative estimate of drug-likeness (QED) is 0.868. The lowest BCUT2D eigenvalue weighted by molar-refractivity contribution is 0.0505. The maximum atomic E-state index is 10.4. The number of aliphatic hydroxyl groups is 1. The third kappa shape index (κ3) is 2.42. The molecule has 0 radical (unpaired) electrons. The Balaban J connectivity index is 1.83. The van der Waals surface area contributed by atoms with E-state index in [1.807, 2.05) is 30.3 Å². The molecule has 3 heteroatoms. The highest BCUT2D eigenvalue weighted by molar-refractivity contribution is 5.42. The first-order chi connectivity index (χ1) is 9.24. The standard InChI is InChI=1S/C16H16O3/c17-13-6-7-15-14(9-13)16(18)12(10-19-15)8-11-4-2-1-3-5-11/h1-7,9,12,16-18H,8,10H2/t12-,16+/m1/s1. The SMILES string of the molecule is Oc1ccc2c(c1)[C@@H](O)[C@H](Cc1ccccc1)CO2. The summed E-state index contributed by atoms with van der Waals surface area (Å²) in [5.41, 5.74) is 1.85. The zero-order valence-corrected chi connectivity index (χ0v) is 10.5. The fourth-order valence-corrected chi connectivity index (χ4v) is 2.53. The van der Waals surface area contributed by atoms with Crippen molar-refractivity contribution in [2.24, 2.45) is 5.92 Å². The van der Waals surface area contributed by atoms with Gasteiger partial charge in [0.05, 0.1) is 12.7 Å². The average molecular weight is 256 g/mol. The van der Waals surface area contributed by atoms with Gasteiger partial charge in [0.2, 0.25) is 0 Å². The second-order valence-electron chi connectivity index (χ2n) is 4.93. The molecule has 0 amide bonds. The van der Waals surface area contributed by atoms with Gasteiger partial charge in [0.1, 0.15) is 11.5 Å². The molecule has 0 spiro atoms. The van der Waals surface area contributed by atoms with E-state index >= 15 is 0 Å². The Labute approximate surface area is 112 Å². The Bertz CT molecular complexity index is 565. The highest BCUT2D eigenvalue weighted by atomic mass is 16.5. The first kappa shape index (κ1) is 12.1. The van der Waals surface area contributed by atoms with E-state index in [2.05, 4.69) is 0 Å². The van der Waals surface area contributed by atoms with Gasteiger partial charge in [0.25, 0.3) is 0 Å². The van der Waals surface area contributed by atoms with E-state index in [0.29, 0.717) is 17.9 Å². The minimum absolute atomic E-state index is 0.0108. The van der Waals surface area contributed by atoms with Gasteiger partial charge in [-0.3, -0.25) is 0 Å². The highest BCUT2D eigenvalue weighted by Crippen LogP contribution is 2.38. The zero-order valence-electron chi connectivity index (χ0n) is 10.5. The van der Waals surface area contributed by atoms with Gasteiger partial charge in [0, 0.05) is 11.5 Å². The van der Waals surface area contributed by atoms with Crippen molar-refractivity contribution in [3.05, 3.63) is 59.7 Å². The fraction of sp³-hybridized carbons (Fsp3) is 0.250. The third-order valence-corrected chi connectivity index (χ3v) is 3.55. The number of aromatic hydroxyl groups is 1. The molecule has 98 valence electrons. The van der Waals surface area contributed by atoms with Crippen LogP contribution in [0.4, 0.5) is 0 Å². The average Bonchev–Trinajstić information content (AvgIpc) is 2.44. The van der Waals surface area contributed by atoms with Crippen LogP contribution in [0.1, 0.15) is 17.2 Å². The van der Waals surface area contributed by atoms with Crippen molar-refractivity contribution in [3.63, 3.8) is 0 Å². The van der Waals surface area contributed by atoms with E-state index in [4.69, 9.17) is 4.74 Å². The second-order valence-corrected chi connectivity index (χ2v) is 4.93. The minimum atomic E-state index is -0.601. The predicted molar refractivity (Wildman–Crippen MR) is 72.2 cm³/mol. The zero-order chi connectivity index (χ0) is 13.2. The van der Waals surface area contributed by atoms with Gasteiger partial charge in [-0.2, -0.15) is 0 Å². The largest absolute Gasteiger partial charge is 0.508 e. The number of rotatable bonds is 2. The number of fused-ring (bicyclic) bond motifs is 1. The van der Waals surface area contributed by atoms with Gasteiger partial charge in [0.15, 0.2) is 0 Å². The van der Waals surface area contributed by atoms with Crippen molar-refractivity contribution in [2.45, 2.75) is 12.5 Å². The number of benzene rings is 2. The second kappa shape index (κ2) is 4.94. The van der Waals surface area contributed by atoms with Gasteiger partial charge in [-0.1, -0.05) is 30.3 Å². The summed E-state index contributed by atoms with van der Waals surface area (Å²) in [5.74, 6) is 0.827. The van der Waals surface area contributed by atoms with Crippen LogP contribution in [0, 0.1) is 5.92 Å². The first-order valence-electron chi connectivity index (χ1n) is 6.42. The Morgan fingerprint density at radius 2 is 1.89 bits per heavy atom. The lowest BCUT2D eigenvalue weighted by atomic mass is 9.88. The number of phenols is 1. The maximum absolute atomic E-state index is 10.4. The molecule has 0 saturated carbocycles. The monoisotopic (exact) mass is 256 g/mol. The molecule has 3 nitrogen and oxygen atoms in total. The molecule has 0 bridgehead atoms. The van der Waals surface area contributed by atoms with Crippen molar-refractivity contribution >= 4 is 0 Å². The van der Waals surface area contributed by atoms with Gasteiger partial charge in [-0.15, -0.1) is 0 Å². The number of ether oxygens (including phenoxy) is 1. The summed E-state index contributed by atoms with van der Waals surface area (Å²) in [5, 5.41) is 19.9. The summed E-state index contributed by atoms with van der Waals surface area (Å²) in [4.78, 5) is 0. The van der Waals surface area contributed by atoms with Gasteiger partial charge >= 0.3 is 0 Å². The van der Waals surface area contributed by atoms with Crippen molar-refractivity contribution < 1.29 is 14.9 Å². The smallest absolute Gasteiger partial charge is 0.125 e. The molecule has 1 aliphatic rings. The van der Waals surface area contributed by atoms with Crippen LogP contribution < -0.4 is 4.74 Å². The molecule has 2 aromatic rings. The first-order valence-corrected chi connectivity index (χ1v) is 6.42. The molecule has 0 saturated heterocycles. The van der Waals surface area contributed by atoms with Gasteiger partial charge in [-0.25, -0.2) is 0 Å². The molecular formula is C16H16O3. The van der Waals surface area contributed by atoms with Crippen LogP contribution in [-0.2, 0) is 6.42 Å². The van der Waals surface area contributed by atoms with Crippen LogP contribution in [0.2, 0.25) is 0 Å². The Morgan fingerprint density at radius 1 is 1.11 bits per heavy atom. The molecule has 0 aliphatic carbocycles. The number of hydrogen-bond acceptors (Lipinski definition) is 3. The molecule has 1 aliphatic heterocycles. The minimum Gasteiger partial charge on any atom is -0.508 e. The summed E-state index contributed by atoms with van der Waals surface area (Å²) in [6.45, 7) is 0.494. The van der Waals surface area contributed by atoms with Crippen molar-refractivity contribution in [1.82, 2.24) is 0 Å². The molecule has 3 rings (SSSR count). The molecule has 0 aromatic heterocycles. The Morgan fingerprint density at radius 3 is 2.68 bits per heavy atom.